The first-order valence-corrected chi connectivity index (χ1v) is 7.17. The average molecular weight is 281 g/mol. The van der Waals surface area contributed by atoms with Crippen molar-refractivity contribution in [1.29, 1.82) is 0 Å². The number of benzene rings is 1. The van der Waals surface area contributed by atoms with E-state index in [1.807, 2.05) is 0 Å². The summed E-state index contributed by atoms with van der Waals surface area (Å²) >= 11 is 5.93. The van der Waals surface area contributed by atoms with Crippen molar-refractivity contribution in [3.63, 3.8) is 0 Å². The van der Waals surface area contributed by atoms with Crippen LogP contribution < -0.4 is 5.32 Å². The molecule has 0 heterocycles. The highest BCUT2D eigenvalue weighted by molar-refractivity contribution is 6.30. The lowest BCUT2D eigenvalue weighted by Gasteiger charge is -2.23. The van der Waals surface area contributed by atoms with E-state index < -0.39 is 0 Å². The van der Waals surface area contributed by atoms with Gasteiger partial charge in [0.25, 0.3) is 5.69 Å². The molecule has 0 saturated heterocycles. The molecule has 2 fully saturated rings. The van der Waals surface area contributed by atoms with Crippen LogP contribution >= 0.6 is 11.6 Å². The fraction of sp³-hybridized carbons (Fsp3) is 0.571. The maximum atomic E-state index is 11.0. The van der Waals surface area contributed by atoms with E-state index in [2.05, 4.69) is 5.32 Å². The Labute approximate surface area is 117 Å². The fourth-order valence-corrected chi connectivity index (χ4v) is 3.80. The van der Waals surface area contributed by atoms with Gasteiger partial charge >= 0.3 is 0 Å². The van der Waals surface area contributed by atoms with Crippen molar-refractivity contribution < 1.29 is 4.92 Å². The third-order valence-corrected chi connectivity index (χ3v) is 4.77. The molecular weight excluding hydrogens is 264 g/mol. The lowest BCUT2D eigenvalue weighted by molar-refractivity contribution is -0.385. The van der Waals surface area contributed by atoms with Gasteiger partial charge in [0.2, 0.25) is 0 Å². The van der Waals surface area contributed by atoms with Crippen molar-refractivity contribution in [2.45, 2.75) is 38.3 Å². The Morgan fingerprint density at radius 3 is 2.84 bits per heavy atom. The second-order valence-corrected chi connectivity index (χ2v) is 6.13. The minimum Gasteiger partial charge on any atom is -0.309 e. The summed E-state index contributed by atoms with van der Waals surface area (Å²) < 4.78 is 0. The van der Waals surface area contributed by atoms with Crippen LogP contribution in [0, 0.1) is 22.0 Å². The van der Waals surface area contributed by atoms with Crippen molar-refractivity contribution in [2.75, 3.05) is 0 Å². The zero-order valence-corrected chi connectivity index (χ0v) is 11.4. The standard InChI is InChI=1S/C14H17ClN2O2/c15-12-3-4-14(17(18)19)11(7-12)8-16-13-6-9-1-2-10(13)5-9/h3-4,7,9-10,13,16H,1-2,5-6,8H2. The van der Waals surface area contributed by atoms with Crippen LogP contribution in [0.15, 0.2) is 18.2 Å². The molecule has 2 aliphatic rings. The second kappa shape index (κ2) is 5.10. The van der Waals surface area contributed by atoms with Gasteiger partial charge in [-0.05, 0) is 43.2 Å². The number of nitrogens with zero attached hydrogens (tertiary/aromatic N) is 1. The molecular formula is C14H17ClN2O2. The van der Waals surface area contributed by atoms with Gasteiger partial charge in [-0.25, -0.2) is 0 Å². The van der Waals surface area contributed by atoms with Crippen LogP contribution in [0.1, 0.15) is 31.2 Å². The molecule has 5 heteroatoms. The minimum atomic E-state index is -0.339. The lowest BCUT2D eigenvalue weighted by atomic mass is 9.95. The average Bonchev–Trinajstić information content (AvgIpc) is 2.98. The van der Waals surface area contributed by atoms with Gasteiger partial charge in [-0.1, -0.05) is 18.0 Å². The second-order valence-electron chi connectivity index (χ2n) is 5.69. The summed E-state index contributed by atoms with van der Waals surface area (Å²) in [5.74, 6) is 1.64. The monoisotopic (exact) mass is 280 g/mol. The summed E-state index contributed by atoms with van der Waals surface area (Å²) in [4.78, 5) is 10.7. The predicted octanol–water partition coefficient (Wildman–Crippen LogP) is 3.53. The Hall–Kier alpha value is -1.13. The third kappa shape index (κ3) is 2.60. The third-order valence-electron chi connectivity index (χ3n) is 4.53. The number of hydrogen-bond donors (Lipinski definition) is 1. The predicted molar refractivity (Wildman–Crippen MR) is 74.2 cm³/mol. The van der Waals surface area contributed by atoms with Gasteiger partial charge in [0.05, 0.1) is 4.92 Å². The van der Waals surface area contributed by atoms with Crippen LogP contribution in [-0.2, 0) is 6.54 Å². The highest BCUT2D eigenvalue weighted by Crippen LogP contribution is 2.44. The van der Waals surface area contributed by atoms with E-state index in [0.29, 0.717) is 23.2 Å². The fourth-order valence-electron chi connectivity index (χ4n) is 3.61. The van der Waals surface area contributed by atoms with E-state index >= 15 is 0 Å². The van der Waals surface area contributed by atoms with Gasteiger partial charge in [-0.15, -0.1) is 0 Å². The quantitative estimate of drug-likeness (QED) is 0.678. The Balaban J connectivity index is 1.69. The lowest BCUT2D eigenvalue weighted by Crippen LogP contribution is -2.33. The van der Waals surface area contributed by atoms with E-state index in [-0.39, 0.29) is 10.6 Å². The van der Waals surface area contributed by atoms with Crippen molar-refractivity contribution in [2.24, 2.45) is 11.8 Å². The zero-order chi connectivity index (χ0) is 13.4. The highest BCUT2D eigenvalue weighted by atomic mass is 35.5. The van der Waals surface area contributed by atoms with E-state index in [0.717, 1.165) is 11.8 Å². The first-order chi connectivity index (χ1) is 9.13. The summed E-state index contributed by atoms with van der Waals surface area (Å²) in [6.45, 7) is 0.532. The highest BCUT2D eigenvalue weighted by Gasteiger charge is 2.39. The van der Waals surface area contributed by atoms with Gasteiger partial charge in [0, 0.05) is 29.2 Å². The number of nitro benzene ring substituents is 1. The molecule has 1 aromatic rings. The summed E-state index contributed by atoms with van der Waals surface area (Å²) in [7, 11) is 0. The molecule has 0 aromatic heterocycles. The van der Waals surface area contributed by atoms with Crippen molar-refractivity contribution in [3.8, 4) is 0 Å². The van der Waals surface area contributed by atoms with Crippen LogP contribution in [0.4, 0.5) is 5.69 Å². The maximum Gasteiger partial charge on any atom is 0.273 e. The molecule has 0 aliphatic heterocycles. The first-order valence-electron chi connectivity index (χ1n) is 6.79. The molecule has 4 nitrogen and oxygen atoms in total. The Morgan fingerprint density at radius 1 is 1.37 bits per heavy atom. The molecule has 2 aliphatic carbocycles. The van der Waals surface area contributed by atoms with Crippen LogP contribution in [0.2, 0.25) is 5.02 Å². The molecule has 0 radical (unpaired) electrons. The first kappa shape index (κ1) is 12.9. The van der Waals surface area contributed by atoms with Crippen molar-refractivity contribution in [3.05, 3.63) is 38.9 Å². The number of hydrogen-bond acceptors (Lipinski definition) is 3. The van der Waals surface area contributed by atoms with Gasteiger partial charge in [-0.2, -0.15) is 0 Å². The van der Waals surface area contributed by atoms with Gasteiger partial charge in [0.1, 0.15) is 0 Å². The van der Waals surface area contributed by atoms with E-state index in [9.17, 15) is 10.1 Å². The summed E-state index contributed by atoms with van der Waals surface area (Å²) in [6, 6.07) is 5.28. The number of nitro groups is 1. The van der Waals surface area contributed by atoms with E-state index in [1.165, 1.54) is 31.7 Å². The van der Waals surface area contributed by atoms with Crippen LogP contribution in [0.5, 0.6) is 0 Å². The zero-order valence-electron chi connectivity index (χ0n) is 10.6. The normalized spacial score (nSPS) is 28.8. The molecule has 1 aromatic carbocycles. The molecule has 3 atom stereocenters. The largest absolute Gasteiger partial charge is 0.309 e. The topological polar surface area (TPSA) is 55.2 Å². The van der Waals surface area contributed by atoms with E-state index in [4.69, 9.17) is 11.6 Å². The molecule has 0 amide bonds. The maximum absolute atomic E-state index is 11.0. The van der Waals surface area contributed by atoms with Crippen molar-refractivity contribution >= 4 is 17.3 Å². The molecule has 2 saturated carbocycles. The summed E-state index contributed by atoms with van der Waals surface area (Å²) in [5, 5.41) is 15.0. The van der Waals surface area contributed by atoms with Crippen LogP contribution in [-0.4, -0.2) is 11.0 Å². The molecule has 1 N–H and O–H groups in total. The van der Waals surface area contributed by atoms with E-state index in [1.54, 1.807) is 12.1 Å². The summed E-state index contributed by atoms with van der Waals surface area (Å²) in [6.07, 6.45) is 5.22. The molecule has 0 spiro atoms. The SMILES string of the molecule is O=[N+]([O-])c1ccc(Cl)cc1CNC1CC2CCC1C2. The van der Waals surface area contributed by atoms with Gasteiger partial charge < -0.3 is 5.32 Å². The minimum absolute atomic E-state index is 0.153. The number of halogens is 1. The van der Waals surface area contributed by atoms with Crippen molar-refractivity contribution in [1.82, 2.24) is 5.32 Å². The number of nitrogens with one attached hydrogen (secondary N) is 1. The smallest absolute Gasteiger partial charge is 0.273 e. The Morgan fingerprint density at radius 2 is 2.21 bits per heavy atom. The van der Waals surface area contributed by atoms with Gasteiger partial charge in [-0.3, -0.25) is 10.1 Å². The number of rotatable bonds is 4. The molecule has 102 valence electrons. The van der Waals surface area contributed by atoms with Gasteiger partial charge in [0.15, 0.2) is 0 Å². The van der Waals surface area contributed by atoms with Crippen LogP contribution in [0.25, 0.3) is 0 Å². The molecule has 3 rings (SSSR count). The molecule has 2 bridgehead atoms. The molecule has 3 unspecified atom stereocenters. The number of fused-ring (bicyclic) bond motifs is 2. The Bertz CT molecular complexity index is 506. The van der Waals surface area contributed by atoms with Crippen LogP contribution in [0.3, 0.4) is 0 Å². The molecule has 19 heavy (non-hydrogen) atoms. The Kier molecular flexibility index (Phi) is 3.46. The summed E-state index contributed by atoms with van der Waals surface area (Å²) in [5.41, 5.74) is 0.834.